The Bertz CT molecular complexity index is 1320. The first kappa shape index (κ1) is 27.1. The third-order valence-electron chi connectivity index (χ3n) is 6.85. The summed E-state index contributed by atoms with van der Waals surface area (Å²) in [5.41, 5.74) is 14.5. The fourth-order valence-corrected chi connectivity index (χ4v) is 4.59. The molecule has 200 valence electrons. The van der Waals surface area contributed by atoms with Crippen LogP contribution in [0.25, 0.3) is 11.1 Å². The summed E-state index contributed by atoms with van der Waals surface area (Å²) in [6.45, 7) is 9.87. The van der Waals surface area contributed by atoms with Crippen LogP contribution in [-0.4, -0.2) is 42.0 Å². The Morgan fingerprint density at radius 2 is 1.68 bits per heavy atom. The number of ether oxygens (including phenoxy) is 1. The first-order valence-electron chi connectivity index (χ1n) is 13.0. The van der Waals surface area contributed by atoms with Gasteiger partial charge in [-0.25, -0.2) is 5.01 Å². The number of aryl methyl sites for hydroxylation is 1. The van der Waals surface area contributed by atoms with Gasteiger partial charge in [0.25, 0.3) is 11.8 Å². The van der Waals surface area contributed by atoms with Gasteiger partial charge in [-0.15, -0.1) is 0 Å². The Morgan fingerprint density at radius 3 is 2.32 bits per heavy atom. The molecule has 3 aromatic rings. The van der Waals surface area contributed by atoms with Crippen LogP contribution >= 0.6 is 0 Å². The van der Waals surface area contributed by atoms with Gasteiger partial charge in [0.1, 0.15) is 0 Å². The molecule has 0 atom stereocenters. The number of nitrogens with zero attached hydrogens (tertiary/aromatic N) is 2. The van der Waals surface area contributed by atoms with Gasteiger partial charge in [0, 0.05) is 29.9 Å². The topological polar surface area (TPSA) is 110 Å². The molecule has 4 N–H and O–H groups in total. The first-order chi connectivity index (χ1) is 18.1. The average molecular weight is 516 g/mol. The predicted octanol–water partition coefficient (Wildman–Crippen LogP) is 5.33. The van der Waals surface area contributed by atoms with E-state index in [-0.39, 0.29) is 17.2 Å². The molecule has 1 saturated heterocycles. The molecule has 0 unspecified atom stereocenters. The lowest BCUT2D eigenvalue weighted by atomic mass is 9.85. The maximum Gasteiger partial charge on any atom is 0.265 e. The minimum atomic E-state index is -0.332. The molecule has 4 rings (SSSR count). The maximum absolute atomic E-state index is 13.3. The molecule has 0 radical (unpaired) electrons. The summed E-state index contributed by atoms with van der Waals surface area (Å²) in [4.78, 5) is 30.5. The van der Waals surface area contributed by atoms with Crippen LogP contribution in [0, 0.1) is 6.92 Å². The number of hydrogen-bond acceptors (Lipinski definition) is 6. The highest BCUT2D eigenvalue weighted by atomic mass is 16.5. The van der Waals surface area contributed by atoms with Crippen molar-refractivity contribution < 1.29 is 14.3 Å². The summed E-state index contributed by atoms with van der Waals surface area (Å²) in [5.74, 6) is -0.102. The van der Waals surface area contributed by atoms with E-state index >= 15 is 0 Å². The van der Waals surface area contributed by atoms with E-state index in [4.69, 9.17) is 10.5 Å². The fourth-order valence-electron chi connectivity index (χ4n) is 4.59. The van der Waals surface area contributed by atoms with Gasteiger partial charge in [0.2, 0.25) is 0 Å². The molecule has 0 aliphatic carbocycles. The lowest BCUT2D eigenvalue weighted by Crippen LogP contribution is -2.45. The van der Waals surface area contributed by atoms with Gasteiger partial charge in [0.15, 0.2) is 5.75 Å². The summed E-state index contributed by atoms with van der Waals surface area (Å²) < 4.78 is 5.46. The van der Waals surface area contributed by atoms with Crippen LogP contribution in [0.4, 0.5) is 11.4 Å². The van der Waals surface area contributed by atoms with Crippen molar-refractivity contribution in [1.29, 1.82) is 0 Å². The van der Waals surface area contributed by atoms with Gasteiger partial charge in [0.05, 0.1) is 30.2 Å². The molecule has 1 fully saturated rings. The average Bonchev–Trinajstić information content (AvgIpc) is 2.89. The molecule has 0 saturated carbocycles. The van der Waals surface area contributed by atoms with Crippen molar-refractivity contribution in [2.45, 2.75) is 52.4 Å². The number of nitrogens with one attached hydrogen (secondary N) is 2. The molecule has 1 aromatic heterocycles. The van der Waals surface area contributed by atoms with Crippen LogP contribution in [0.3, 0.4) is 0 Å². The molecule has 0 spiro atoms. The number of piperidine rings is 1. The molecule has 2 amide bonds. The summed E-state index contributed by atoms with van der Waals surface area (Å²) in [7, 11) is 1.50. The number of aromatic nitrogens is 1. The lowest BCUT2D eigenvalue weighted by Gasteiger charge is -2.26. The van der Waals surface area contributed by atoms with Crippen molar-refractivity contribution in [1.82, 2.24) is 15.4 Å². The second-order valence-electron chi connectivity index (χ2n) is 10.8. The van der Waals surface area contributed by atoms with E-state index in [0.717, 1.165) is 48.3 Å². The first-order valence-corrected chi connectivity index (χ1v) is 13.0. The standard InChI is InChI=1S/C30H37N5O3/c1-19-24(20-9-11-21(12-10-20)28(36)34-35-13-7-6-8-14-35)17-23(18-32-19)33-29(37)25-15-22(30(2,3)4)16-26(31)27(25)38-5/h9-12,15-18H,6-8,13-14,31H2,1-5H3,(H,33,37)(H,34,36). The van der Waals surface area contributed by atoms with Crippen LogP contribution < -0.4 is 21.2 Å². The second-order valence-corrected chi connectivity index (χ2v) is 10.8. The molecule has 0 bridgehead atoms. The van der Waals surface area contributed by atoms with Gasteiger partial charge < -0.3 is 15.8 Å². The Balaban J connectivity index is 1.54. The molecule has 2 heterocycles. The number of hydrogen-bond donors (Lipinski definition) is 3. The quantitative estimate of drug-likeness (QED) is 0.383. The largest absolute Gasteiger partial charge is 0.494 e. The number of carbonyl (C=O) groups excluding carboxylic acids is 2. The molecule has 8 nitrogen and oxygen atoms in total. The van der Waals surface area contributed by atoms with Crippen molar-refractivity contribution in [3.8, 4) is 16.9 Å². The Labute approximate surface area is 224 Å². The third-order valence-corrected chi connectivity index (χ3v) is 6.85. The second kappa shape index (κ2) is 11.2. The predicted molar refractivity (Wildman–Crippen MR) is 151 cm³/mol. The molecule has 8 heteroatoms. The van der Waals surface area contributed by atoms with E-state index in [1.54, 1.807) is 6.20 Å². The van der Waals surface area contributed by atoms with Gasteiger partial charge in [-0.05, 0) is 66.6 Å². The van der Waals surface area contributed by atoms with Crippen LogP contribution in [0.2, 0.25) is 0 Å². The number of hydrazine groups is 1. The summed E-state index contributed by atoms with van der Waals surface area (Å²) >= 11 is 0. The number of rotatable bonds is 6. The Hall–Kier alpha value is -3.91. The zero-order valence-electron chi connectivity index (χ0n) is 22.9. The highest BCUT2D eigenvalue weighted by Gasteiger charge is 2.22. The minimum absolute atomic E-state index is 0.111. The van der Waals surface area contributed by atoms with E-state index in [1.807, 2.05) is 54.4 Å². The van der Waals surface area contributed by atoms with E-state index in [9.17, 15) is 9.59 Å². The van der Waals surface area contributed by atoms with Gasteiger partial charge >= 0.3 is 0 Å². The van der Waals surface area contributed by atoms with Gasteiger partial charge in [-0.2, -0.15) is 0 Å². The smallest absolute Gasteiger partial charge is 0.265 e. The SMILES string of the molecule is COc1c(N)cc(C(C)(C)C)cc1C(=O)Nc1cnc(C)c(-c2ccc(C(=O)NN3CCCCC3)cc2)c1. The number of nitrogen functional groups attached to an aromatic ring is 1. The van der Waals surface area contributed by atoms with Gasteiger partial charge in [-0.3, -0.25) is 20.0 Å². The summed E-state index contributed by atoms with van der Waals surface area (Å²) in [6, 6.07) is 13.0. The van der Waals surface area contributed by atoms with Crippen molar-refractivity contribution in [2.75, 3.05) is 31.2 Å². The van der Waals surface area contributed by atoms with Crippen LogP contribution in [0.5, 0.6) is 5.75 Å². The number of amides is 2. The zero-order chi connectivity index (χ0) is 27.4. The number of nitrogens with two attached hydrogens (primary N) is 1. The van der Waals surface area contributed by atoms with Crippen molar-refractivity contribution in [2.24, 2.45) is 0 Å². The molecular formula is C30H37N5O3. The maximum atomic E-state index is 13.3. The van der Waals surface area contributed by atoms with Crippen molar-refractivity contribution >= 4 is 23.2 Å². The van der Waals surface area contributed by atoms with Crippen LogP contribution in [0.1, 0.15) is 72.0 Å². The molecule has 1 aliphatic heterocycles. The van der Waals surface area contributed by atoms with Crippen molar-refractivity contribution in [3.05, 3.63) is 71.0 Å². The highest BCUT2D eigenvalue weighted by Crippen LogP contribution is 2.34. The van der Waals surface area contributed by atoms with Crippen LogP contribution in [0.15, 0.2) is 48.7 Å². The van der Waals surface area contributed by atoms with Gasteiger partial charge in [-0.1, -0.05) is 39.3 Å². The number of methoxy groups -OCH3 is 1. The van der Waals surface area contributed by atoms with E-state index in [0.29, 0.717) is 28.3 Å². The molecule has 2 aromatic carbocycles. The Morgan fingerprint density at radius 1 is 1.00 bits per heavy atom. The number of pyridine rings is 1. The summed E-state index contributed by atoms with van der Waals surface area (Å²) in [5, 5.41) is 4.93. The molecular weight excluding hydrogens is 478 g/mol. The number of carbonyl (C=O) groups is 2. The minimum Gasteiger partial charge on any atom is -0.494 e. The van der Waals surface area contributed by atoms with E-state index in [2.05, 4.69) is 36.5 Å². The Kier molecular flexibility index (Phi) is 8.02. The number of anilines is 2. The normalized spacial score (nSPS) is 14.1. The highest BCUT2D eigenvalue weighted by molar-refractivity contribution is 6.07. The summed E-state index contributed by atoms with van der Waals surface area (Å²) in [6.07, 6.45) is 5.03. The zero-order valence-corrected chi connectivity index (χ0v) is 22.9. The van der Waals surface area contributed by atoms with E-state index in [1.165, 1.54) is 13.5 Å². The number of benzene rings is 2. The van der Waals surface area contributed by atoms with Crippen molar-refractivity contribution in [3.63, 3.8) is 0 Å². The van der Waals surface area contributed by atoms with E-state index < -0.39 is 0 Å². The monoisotopic (exact) mass is 515 g/mol. The lowest BCUT2D eigenvalue weighted by molar-refractivity contribution is 0.0750. The fraction of sp³-hybridized carbons (Fsp3) is 0.367. The molecule has 38 heavy (non-hydrogen) atoms. The third kappa shape index (κ3) is 6.14. The van der Waals surface area contributed by atoms with Crippen LogP contribution in [-0.2, 0) is 5.41 Å². The molecule has 1 aliphatic rings.